The molecule has 0 atom stereocenters. The molecule has 0 aliphatic rings. The summed E-state index contributed by atoms with van der Waals surface area (Å²) >= 11 is 0. The SMILES string of the molecule is CB(C)c1ccc(B(C)C)cc1.Cc1ccc(-c2ccc(C)cc2)cc1.Cc1ccc(C)cc1. The van der Waals surface area contributed by atoms with Gasteiger partial charge in [0.1, 0.15) is 0 Å². The van der Waals surface area contributed by atoms with Gasteiger partial charge in [-0.25, -0.2) is 0 Å². The van der Waals surface area contributed by atoms with Crippen LogP contribution in [0.1, 0.15) is 22.3 Å². The summed E-state index contributed by atoms with van der Waals surface area (Å²) in [6.07, 6.45) is 0. The van der Waals surface area contributed by atoms with Gasteiger partial charge >= 0.3 is 0 Å². The molecule has 0 heterocycles. The molecule has 0 radical (unpaired) electrons. The molecule has 4 rings (SSSR count). The van der Waals surface area contributed by atoms with E-state index < -0.39 is 0 Å². The molecule has 0 aliphatic carbocycles. The van der Waals surface area contributed by atoms with E-state index in [0.29, 0.717) is 13.4 Å². The molecule has 0 amide bonds. The van der Waals surface area contributed by atoms with E-state index >= 15 is 0 Å². The van der Waals surface area contributed by atoms with Crippen LogP contribution in [0, 0.1) is 27.7 Å². The molecule has 0 saturated heterocycles. The van der Waals surface area contributed by atoms with Gasteiger partial charge in [-0.2, -0.15) is 0 Å². The normalized spacial score (nSPS) is 9.76. The minimum absolute atomic E-state index is 0.645. The Bertz CT molecular complexity index is 998. The average molecular weight is 446 g/mol. The lowest BCUT2D eigenvalue weighted by Crippen LogP contribution is -2.28. The summed E-state index contributed by atoms with van der Waals surface area (Å²) in [6.45, 7) is 18.6. The van der Waals surface area contributed by atoms with Crippen LogP contribution < -0.4 is 10.9 Å². The summed E-state index contributed by atoms with van der Waals surface area (Å²) in [6, 6.07) is 34.7. The minimum atomic E-state index is 0.645. The summed E-state index contributed by atoms with van der Waals surface area (Å²) in [5.41, 5.74) is 10.7. The molecule has 0 N–H and O–H groups in total. The van der Waals surface area contributed by atoms with E-state index in [0.717, 1.165) is 0 Å². The van der Waals surface area contributed by atoms with Crippen LogP contribution in [-0.2, 0) is 0 Å². The molecule has 34 heavy (non-hydrogen) atoms. The number of aryl methyl sites for hydroxylation is 4. The van der Waals surface area contributed by atoms with Crippen LogP contribution in [0.5, 0.6) is 0 Å². The Balaban J connectivity index is 0.000000187. The van der Waals surface area contributed by atoms with E-state index in [1.807, 2.05) is 0 Å². The summed E-state index contributed by atoms with van der Waals surface area (Å²) in [5.74, 6) is 0. The highest BCUT2D eigenvalue weighted by molar-refractivity contribution is 6.72. The first-order chi connectivity index (χ1) is 16.2. The van der Waals surface area contributed by atoms with Crippen molar-refractivity contribution in [2.75, 3.05) is 0 Å². The van der Waals surface area contributed by atoms with Crippen LogP contribution >= 0.6 is 0 Å². The lowest BCUT2D eigenvalue weighted by atomic mass is 9.46. The highest BCUT2D eigenvalue weighted by Gasteiger charge is 2.05. The van der Waals surface area contributed by atoms with Crippen molar-refractivity contribution in [2.24, 2.45) is 0 Å². The first-order valence-electron chi connectivity index (χ1n) is 12.4. The van der Waals surface area contributed by atoms with Crippen LogP contribution in [0.3, 0.4) is 0 Å². The molecule has 0 aromatic heterocycles. The van der Waals surface area contributed by atoms with Gasteiger partial charge in [-0.1, -0.05) is 158 Å². The minimum Gasteiger partial charge on any atom is -0.0819 e. The highest BCUT2D eigenvalue weighted by Crippen LogP contribution is 2.19. The topological polar surface area (TPSA) is 0 Å². The number of benzene rings is 4. The van der Waals surface area contributed by atoms with Gasteiger partial charge in [-0.15, -0.1) is 0 Å². The maximum Gasteiger partial charge on any atom is 0.169 e. The smallest absolute Gasteiger partial charge is 0.0819 e. The first-order valence-corrected chi connectivity index (χ1v) is 12.4. The van der Waals surface area contributed by atoms with Gasteiger partial charge in [-0.3, -0.25) is 0 Å². The second-order valence-electron chi connectivity index (χ2n) is 9.86. The molecule has 4 aromatic rings. The average Bonchev–Trinajstić information content (AvgIpc) is 2.83. The molecule has 0 fully saturated rings. The first kappa shape index (κ1) is 27.3. The van der Waals surface area contributed by atoms with E-state index in [1.54, 1.807) is 0 Å². The molecular weight excluding hydrogens is 406 g/mol. The molecular formula is C32H40B2. The fourth-order valence-electron chi connectivity index (χ4n) is 3.39. The van der Waals surface area contributed by atoms with Crippen molar-refractivity contribution >= 4 is 24.4 Å². The van der Waals surface area contributed by atoms with E-state index in [9.17, 15) is 0 Å². The van der Waals surface area contributed by atoms with Gasteiger partial charge in [0, 0.05) is 0 Å². The van der Waals surface area contributed by atoms with E-state index in [1.165, 1.54) is 44.3 Å². The quantitative estimate of drug-likeness (QED) is 0.281. The van der Waals surface area contributed by atoms with Crippen molar-refractivity contribution in [1.82, 2.24) is 0 Å². The van der Waals surface area contributed by atoms with Crippen LogP contribution in [0.2, 0.25) is 27.3 Å². The number of rotatable bonds is 3. The Morgan fingerprint density at radius 3 is 0.735 bits per heavy atom. The summed E-state index contributed by atoms with van der Waals surface area (Å²) in [7, 11) is 0. The van der Waals surface area contributed by atoms with Crippen molar-refractivity contribution in [2.45, 2.75) is 55.0 Å². The standard InChI is InChI=1S/C14H14.C10H16B2.C8H10/c1-11-3-7-13(8-4-11)14-9-5-12(2)6-10-14;1-11(2)9-5-7-10(8-6-9)12(3)4;1-7-3-5-8(2)6-4-7/h3-10H,1-2H3;5-8H,1-4H3;3-6H,1-2H3. The van der Waals surface area contributed by atoms with Crippen LogP contribution in [0.4, 0.5) is 0 Å². The summed E-state index contributed by atoms with van der Waals surface area (Å²) < 4.78 is 0. The third-order valence-electron chi connectivity index (χ3n) is 5.92. The zero-order valence-electron chi connectivity index (χ0n) is 22.4. The molecule has 4 aromatic carbocycles. The maximum absolute atomic E-state index is 2.24. The third kappa shape index (κ3) is 9.48. The van der Waals surface area contributed by atoms with Gasteiger partial charge in [0.05, 0.1) is 0 Å². The molecule has 0 nitrogen and oxygen atoms in total. The second-order valence-corrected chi connectivity index (χ2v) is 9.86. The molecule has 0 spiro atoms. The van der Waals surface area contributed by atoms with E-state index in [-0.39, 0.29) is 0 Å². The van der Waals surface area contributed by atoms with Gasteiger partial charge < -0.3 is 0 Å². The molecule has 0 unspecified atom stereocenters. The summed E-state index contributed by atoms with van der Waals surface area (Å²) in [4.78, 5) is 0. The fourth-order valence-corrected chi connectivity index (χ4v) is 3.39. The Kier molecular flexibility index (Phi) is 10.9. The fraction of sp³-hybridized carbons (Fsp3) is 0.250. The Hall–Kier alpha value is -2.99. The largest absolute Gasteiger partial charge is 0.169 e. The summed E-state index contributed by atoms with van der Waals surface area (Å²) in [5, 5.41) is 0. The molecule has 174 valence electrons. The Labute approximate surface area is 209 Å². The van der Waals surface area contributed by atoms with Gasteiger partial charge in [0.15, 0.2) is 13.4 Å². The molecule has 2 heteroatoms. The van der Waals surface area contributed by atoms with Crippen molar-refractivity contribution in [3.8, 4) is 11.1 Å². The van der Waals surface area contributed by atoms with Crippen LogP contribution in [0.25, 0.3) is 11.1 Å². The lowest BCUT2D eigenvalue weighted by molar-refractivity contribution is 1.40. The van der Waals surface area contributed by atoms with Crippen LogP contribution in [0.15, 0.2) is 97.1 Å². The van der Waals surface area contributed by atoms with Crippen molar-refractivity contribution in [3.05, 3.63) is 119 Å². The number of hydrogen-bond acceptors (Lipinski definition) is 0. The number of hydrogen-bond donors (Lipinski definition) is 0. The molecule has 0 bridgehead atoms. The third-order valence-corrected chi connectivity index (χ3v) is 5.92. The molecule has 0 saturated carbocycles. The Morgan fingerprint density at radius 2 is 0.529 bits per heavy atom. The molecule has 0 aliphatic heterocycles. The van der Waals surface area contributed by atoms with Crippen molar-refractivity contribution in [3.63, 3.8) is 0 Å². The zero-order chi connectivity index (χ0) is 25.1. The highest BCUT2D eigenvalue weighted by atomic mass is 14.0. The van der Waals surface area contributed by atoms with Crippen molar-refractivity contribution < 1.29 is 0 Å². The Morgan fingerprint density at radius 1 is 0.324 bits per heavy atom. The lowest BCUT2D eigenvalue weighted by Gasteiger charge is -2.05. The van der Waals surface area contributed by atoms with E-state index in [2.05, 4.69) is 152 Å². The van der Waals surface area contributed by atoms with Gasteiger partial charge in [-0.05, 0) is 38.8 Å². The second kappa shape index (κ2) is 13.7. The van der Waals surface area contributed by atoms with Gasteiger partial charge in [0.25, 0.3) is 0 Å². The predicted molar refractivity (Wildman–Crippen MR) is 158 cm³/mol. The zero-order valence-corrected chi connectivity index (χ0v) is 22.4. The monoisotopic (exact) mass is 446 g/mol. The van der Waals surface area contributed by atoms with Crippen LogP contribution in [-0.4, -0.2) is 13.4 Å². The predicted octanol–water partition coefficient (Wildman–Crippen LogP) is 7.88. The maximum atomic E-state index is 2.24. The van der Waals surface area contributed by atoms with Crippen molar-refractivity contribution in [1.29, 1.82) is 0 Å². The van der Waals surface area contributed by atoms with E-state index in [4.69, 9.17) is 0 Å². The van der Waals surface area contributed by atoms with Gasteiger partial charge in [0.2, 0.25) is 0 Å².